The van der Waals surface area contributed by atoms with E-state index in [1.54, 1.807) is 6.33 Å². The maximum absolute atomic E-state index is 5.49. The minimum absolute atomic E-state index is 0.278. The van der Waals surface area contributed by atoms with Crippen LogP contribution in [0.1, 0.15) is 24.7 Å². The van der Waals surface area contributed by atoms with Crippen LogP contribution in [0.4, 0.5) is 22.9 Å². The fourth-order valence-electron chi connectivity index (χ4n) is 6.08. The lowest BCUT2D eigenvalue weighted by Gasteiger charge is -2.28. The van der Waals surface area contributed by atoms with E-state index in [1.807, 2.05) is 6.20 Å². The number of imidazole rings is 1. The second kappa shape index (κ2) is 9.62. The Morgan fingerprint density at radius 3 is 2.62 bits per heavy atom. The first kappa shape index (κ1) is 23.4. The maximum atomic E-state index is 5.49. The van der Waals surface area contributed by atoms with Gasteiger partial charge in [-0.05, 0) is 66.4 Å². The molecule has 0 amide bonds. The number of aromatic nitrogens is 4. The molecular weight excluding hydrogens is 500 g/mol. The molecule has 9 nitrogen and oxygen atoms in total. The molecule has 3 aliphatic heterocycles. The Morgan fingerprint density at radius 2 is 1.73 bits per heavy atom. The van der Waals surface area contributed by atoms with E-state index < -0.39 is 0 Å². The summed E-state index contributed by atoms with van der Waals surface area (Å²) in [6.45, 7) is 4.40. The minimum Gasteiger partial charge on any atom is -0.378 e. The van der Waals surface area contributed by atoms with E-state index in [2.05, 4.69) is 101 Å². The van der Waals surface area contributed by atoms with Gasteiger partial charge in [-0.3, -0.25) is 0 Å². The topological polar surface area (TPSA) is 94.2 Å². The molecule has 0 spiro atoms. The minimum atomic E-state index is 0.278. The first-order chi connectivity index (χ1) is 19.8. The Labute approximate surface area is 232 Å². The molecule has 2 fully saturated rings. The van der Waals surface area contributed by atoms with Crippen molar-refractivity contribution in [1.82, 2.24) is 24.9 Å². The summed E-state index contributed by atoms with van der Waals surface area (Å²) in [6.07, 6.45) is 5.83. The van der Waals surface area contributed by atoms with Gasteiger partial charge < -0.3 is 25.4 Å². The molecule has 2 saturated heterocycles. The molecule has 0 aliphatic carbocycles. The molecule has 200 valence electrons. The fourth-order valence-corrected chi connectivity index (χ4v) is 6.08. The lowest BCUT2D eigenvalue weighted by Crippen LogP contribution is -2.36. The monoisotopic (exact) mass is 530 g/mol. The number of benzene rings is 3. The summed E-state index contributed by atoms with van der Waals surface area (Å²) in [6, 6.07) is 21.8. The highest BCUT2D eigenvalue weighted by atomic mass is 16.5. The van der Waals surface area contributed by atoms with Crippen LogP contribution < -0.4 is 15.6 Å². The van der Waals surface area contributed by atoms with Crippen molar-refractivity contribution in [3.8, 4) is 22.4 Å². The first-order valence-corrected chi connectivity index (χ1v) is 14.0. The van der Waals surface area contributed by atoms with Gasteiger partial charge >= 0.3 is 0 Å². The molecule has 3 aromatic carbocycles. The van der Waals surface area contributed by atoms with Crippen LogP contribution in [0.2, 0.25) is 0 Å². The SMILES string of the molecule is c1nc(Nc2ccc(N3CCOCC3)cc2)c2cc(-c3ccc4c(c3)NN3CCCC3c3ncc-4[nH]3)ccc2n1. The fraction of sp³-hybridized carbons (Fsp3) is 0.258. The van der Waals surface area contributed by atoms with Crippen molar-refractivity contribution in [1.29, 1.82) is 0 Å². The van der Waals surface area contributed by atoms with Gasteiger partial charge in [0, 0.05) is 42.0 Å². The smallest absolute Gasteiger partial charge is 0.141 e. The molecule has 2 bridgehead atoms. The lowest BCUT2D eigenvalue weighted by molar-refractivity contribution is 0.122. The van der Waals surface area contributed by atoms with Crippen molar-refractivity contribution >= 4 is 33.8 Å². The predicted octanol–water partition coefficient (Wildman–Crippen LogP) is 5.74. The normalized spacial score (nSPS) is 18.5. The van der Waals surface area contributed by atoms with Crippen molar-refractivity contribution in [3.63, 3.8) is 0 Å². The lowest BCUT2D eigenvalue weighted by atomic mass is 9.99. The summed E-state index contributed by atoms with van der Waals surface area (Å²) in [5.41, 5.74) is 12.3. The van der Waals surface area contributed by atoms with Crippen LogP contribution in [0.15, 0.2) is 73.2 Å². The summed E-state index contributed by atoms with van der Waals surface area (Å²) >= 11 is 0. The Balaban J connectivity index is 1.11. The highest BCUT2D eigenvalue weighted by molar-refractivity contribution is 5.94. The molecule has 0 radical (unpaired) electrons. The van der Waals surface area contributed by atoms with Gasteiger partial charge in [0.15, 0.2) is 0 Å². The summed E-state index contributed by atoms with van der Waals surface area (Å²) in [5, 5.41) is 6.81. The molecule has 0 saturated carbocycles. The van der Waals surface area contributed by atoms with Crippen LogP contribution in [0.3, 0.4) is 0 Å². The van der Waals surface area contributed by atoms with Crippen LogP contribution in [0, 0.1) is 0 Å². The summed E-state index contributed by atoms with van der Waals surface area (Å²) in [7, 11) is 0. The Hall–Kier alpha value is -4.47. The van der Waals surface area contributed by atoms with Crippen LogP contribution in [0.5, 0.6) is 0 Å². The number of rotatable bonds is 4. The van der Waals surface area contributed by atoms with Crippen LogP contribution in [-0.4, -0.2) is 57.8 Å². The van der Waals surface area contributed by atoms with Crippen molar-refractivity contribution in [2.75, 3.05) is 48.5 Å². The van der Waals surface area contributed by atoms with Crippen LogP contribution >= 0.6 is 0 Å². The van der Waals surface area contributed by atoms with Crippen LogP contribution in [-0.2, 0) is 4.74 Å². The third-order valence-electron chi connectivity index (χ3n) is 8.21. The zero-order valence-electron chi connectivity index (χ0n) is 22.1. The Kier molecular flexibility index (Phi) is 5.63. The molecule has 3 N–H and O–H groups in total. The van der Waals surface area contributed by atoms with E-state index in [4.69, 9.17) is 4.74 Å². The highest BCUT2D eigenvalue weighted by Crippen LogP contribution is 2.39. The molecule has 40 heavy (non-hydrogen) atoms. The van der Waals surface area contributed by atoms with Gasteiger partial charge in [0.1, 0.15) is 18.0 Å². The third kappa shape index (κ3) is 4.14. The molecule has 3 aliphatic rings. The van der Waals surface area contributed by atoms with Gasteiger partial charge in [0.05, 0.1) is 42.4 Å². The number of nitrogens with one attached hydrogen (secondary N) is 3. The predicted molar refractivity (Wildman–Crippen MR) is 158 cm³/mol. The second-order valence-corrected chi connectivity index (χ2v) is 10.6. The van der Waals surface area contributed by atoms with Crippen molar-refractivity contribution < 1.29 is 4.74 Å². The largest absolute Gasteiger partial charge is 0.378 e. The number of hydrogen-bond donors (Lipinski definition) is 3. The number of ether oxygens (including phenoxy) is 1. The van der Waals surface area contributed by atoms with Gasteiger partial charge in [-0.1, -0.05) is 18.2 Å². The third-order valence-corrected chi connectivity index (χ3v) is 8.21. The molecule has 5 heterocycles. The Morgan fingerprint density at radius 1 is 0.875 bits per heavy atom. The zero-order valence-corrected chi connectivity index (χ0v) is 22.1. The van der Waals surface area contributed by atoms with Gasteiger partial charge in [0.2, 0.25) is 0 Å². The van der Waals surface area contributed by atoms with Crippen molar-refractivity contribution in [2.45, 2.75) is 18.9 Å². The number of H-pyrrole nitrogens is 1. The number of aromatic amines is 1. The molecule has 5 aromatic rings. The van der Waals surface area contributed by atoms with E-state index in [1.165, 1.54) is 5.69 Å². The molecular formula is C31H30N8O. The molecule has 1 unspecified atom stereocenters. The number of hydrazine groups is 1. The van der Waals surface area contributed by atoms with Gasteiger partial charge in [-0.15, -0.1) is 0 Å². The van der Waals surface area contributed by atoms with E-state index in [0.29, 0.717) is 0 Å². The number of morpholine rings is 1. The van der Waals surface area contributed by atoms with Gasteiger partial charge in [-0.25, -0.2) is 20.0 Å². The number of hydrogen-bond acceptors (Lipinski definition) is 8. The maximum Gasteiger partial charge on any atom is 0.141 e. The average Bonchev–Trinajstić information content (AvgIpc) is 3.68. The van der Waals surface area contributed by atoms with Crippen LogP contribution in [0.25, 0.3) is 33.3 Å². The summed E-state index contributed by atoms with van der Waals surface area (Å²) < 4.78 is 5.49. The van der Waals surface area contributed by atoms with Gasteiger partial charge in [0.25, 0.3) is 0 Å². The van der Waals surface area contributed by atoms with Crippen molar-refractivity contribution in [3.05, 3.63) is 79.0 Å². The number of anilines is 4. The number of fused-ring (bicyclic) bond motifs is 7. The molecule has 9 heteroatoms. The molecule has 1 atom stereocenters. The molecule has 2 aromatic heterocycles. The van der Waals surface area contributed by atoms with Gasteiger partial charge in [-0.2, -0.15) is 0 Å². The zero-order chi connectivity index (χ0) is 26.5. The second-order valence-electron chi connectivity index (χ2n) is 10.6. The van der Waals surface area contributed by atoms with E-state index in [-0.39, 0.29) is 6.04 Å². The van der Waals surface area contributed by atoms with E-state index >= 15 is 0 Å². The first-order valence-electron chi connectivity index (χ1n) is 14.0. The standard InChI is InChI=1S/C31H30N8O/c1-2-29-31-32-18-28(36-31)24-9-3-21(17-27(24)37-39(29)11-1)20-4-10-26-25(16-20)30(34-19-33-26)35-22-5-7-23(8-6-22)38-12-14-40-15-13-38/h3-10,16-19,29,37H,1-2,11-15H2,(H,32,36)(H,33,34,35). The summed E-state index contributed by atoms with van der Waals surface area (Å²) in [5.74, 6) is 1.83. The van der Waals surface area contributed by atoms with Crippen molar-refractivity contribution in [2.24, 2.45) is 0 Å². The number of nitrogens with zero attached hydrogens (tertiary/aromatic N) is 5. The Bertz CT molecular complexity index is 1690. The highest BCUT2D eigenvalue weighted by Gasteiger charge is 2.31. The van der Waals surface area contributed by atoms with E-state index in [9.17, 15) is 0 Å². The average molecular weight is 531 g/mol. The summed E-state index contributed by atoms with van der Waals surface area (Å²) in [4.78, 5) is 19.7. The quantitative estimate of drug-likeness (QED) is 0.271. The molecule has 8 rings (SSSR count). The van der Waals surface area contributed by atoms with E-state index in [0.717, 1.165) is 102 Å².